The van der Waals surface area contributed by atoms with Gasteiger partial charge in [-0.15, -0.1) is 0 Å². The van der Waals surface area contributed by atoms with Crippen molar-refractivity contribution < 1.29 is 18.3 Å². The Morgan fingerprint density at radius 3 is 1.86 bits per heavy atom. The van der Waals surface area contributed by atoms with Gasteiger partial charge >= 0.3 is 5.97 Å². The lowest BCUT2D eigenvalue weighted by Gasteiger charge is -2.15. The first-order valence-electron chi connectivity index (χ1n) is 8.83. The van der Waals surface area contributed by atoms with Gasteiger partial charge in [-0.3, -0.25) is 4.72 Å². The lowest BCUT2D eigenvalue weighted by atomic mass is 9.99. The Balaban J connectivity index is 1.91. The fourth-order valence-corrected chi connectivity index (χ4v) is 3.46. The molecule has 3 rings (SSSR count). The third kappa shape index (κ3) is 4.23. The van der Waals surface area contributed by atoms with E-state index in [1.165, 1.54) is 0 Å². The third-order valence-corrected chi connectivity index (χ3v) is 6.21. The van der Waals surface area contributed by atoms with Gasteiger partial charge in [0.15, 0.2) is 0 Å². The van der Waals surface area contributed by atoms with E-state index >= 15 is 0 Å². The number of carbonyl (C=O) groups is 1. The van der Waals surface area contributed by atoms with E-state index in [2.05, 4.69) is 4.72 Å². The molecule has 0 saturated heterocycles. The smallest absolute Gasteiger partial charge is 0.335 e. The summed E-state index contributed by atoms with van der Waals surface area (Å²) in [5.74, 6) is -0.956. The van der Waals surface area contributed by atoms with Gasteiger partial charge < -0.3 is 5.11 Å². The minimum atomic E-state index is -3.44. The number of aromatic carboxylic acids is 1. The van der Waals surface area contributed by atoms with Crippen LogP contribution in [0.5, 0.6) is 0 Å². The normalized spacial score (nSPS) is 11.4. The molecule has 0 radical (unpaired) electrons. The predicted octanol–water partition coefficient (Wildman–Crippen LogP) is 4.87. The maximum absolute atomic E-state index is 12.2. The van der Waals surface area contributed by atoms with E-state index in [1.807, 2.05) is 36.4 Å². The van der Waals surface area contributed by atoms with Crippen LogP contribution in [0, 0.1) is 0 Å². The van der Waals surface area contributed by atoms with E-state index in [9.17, 15) is 13.2 Å². The van der Waals surface area contributed by atoms with Crippen LogP contribution in [0.3, 0.4) is 0 Å². The Labute approximate surface area is 164 Å². The number of sulfonamides is 1. The zero-order valence-corrected chi connectivity index (χ0v) is 16.4. The minimum Gasteiger partial charge on any atom is -0.478 e. The van der Waals surface area contributed by atoms with Crippen LogP contribution in [0.25, 0.3) is 22.3 Å². The van der Waals surface area contributed by atoms with Crippen molar-refractivity contribution >= 4 is 21.7 Å². The van der Waals surface area contributed by atoms with Gasteiger partial charge in [-0.2, -0.15) is 0 Å². The number of benzene rings is 3. The highest BCUT2D eigenvalue weighted by Gasteiger charge is 2.17. The van der Waals surface area contributed by atoms with Crippen molar-refractivity contribution in [3.8, 4) is 22.3 Å². The van der Waals surface area contributed by atoms with Crippen LogP contribution < -0.4 is 4.72 Å². The molecule has 144 valence electrons. The van der Waals surface area contributed by atoms with Crippen molar-refractivity contribution in [3.63, 3.8) is 0 Å². The second kappa shape index (κ2) is 7.86. The average Bonchev–Trinajstić information content (AvgIpc) is 2.68. The van der Waals surface area contributed by atoms with Crippen molar-refractivity contribution in [2.45, 2.75) is 19.1 Å². The maximum Gasteiger partial charge on any atom is 0.335 e. The molecule has 0 amide bonds. The second-order valence-corrected chi connectivity index (χ2v) is 8.94. The van der Waals surface area contributed by atoms with Gasteiger partial charge in [-0.05, 0) is 48.7 Å². The molecule has 0 aliphatic heterocycles. The number of carboxylic acid groups (broad SMARTS) is 1. The highest BCUT2D eigenvalue weighted by Crippen LogP contribution is 2.31. The van der Waals surface area contributed by atoms with E-state index in [4.69, 9.17) is 5.11 Å². The number of hydrogen-bond acceptors (Lipinski definition) is 3. The standard InChI is InChI=1S/C22H21NO4S/c1-15(2)28(26,27)23-21-6-4-3-5-20(21)18-11-7-16(8-12-18)17-9-13-19(14-10-17)22(24)25/h3-15,23H,1-2H3,(H,24,25). The van der Waals surface area contributed by atoms with Gasteiger partial charge in [0.1, 0.15) is 0 Å². The number of para-hydroxylation sites is 1. The molecule has 0 fully saturated rings. The van der Waals surface area contributed by atoms with E-state index < -0.39 is 21.2 Å². The summed E-state index contributed by atoms with van der Waals surface area (Å²) in [6.45, 7) is 3.27. The minimum absolute atomic E-state index is 0.242. The first kappa shape index (κ1) is 19.6. The first-order chi connectivity index (χ1) is 13.3. The molecule has 6 heteroatoms. The summed E-state index contributed by atoms with van der Waals surface area (Å²) in [5.41, 5.74) is 4.31. The number of hydrogen-bond donors (Lipinski definition) is 2. The molecule has 0 aromatic heterocycles. The van der Waals surface area contributed by atoms with Gasteiger partial charge in [-0.25, -0.2) is 13.2 Å². The van der Waals surface area contributed by atoms with Crippen molar-refractivity contribution in [2.75, 3.05) is 4.72 Å². The molecule has 0 aliphatic carbocycles. The third-order valence-electron chi connectivity index (χ3n) is 4.46. The fraction of sp³-hybridized carbons (Fsp3) is 0.136. The second-order valence-electron chi connectivity index (χ2n) is 6.70. The molecule has 2 N–H and O–H groups in total. The van der Waals surface area contributed by atoms with E-state index in [0.717, 1.165) is 22.3 Å². The first-order valence-corrected chi connectivity index (χ1v) is 10.4. The lowest BCUT2D eigenvalue weighted by molar-refractivity contribution is 0.0697. The molecule has 0 spiro atoms. The van der Waals surface area contributed by atoms with Crippen molar-refractivity contribution in [2.24, 2.45) is 0 Å². The van der Waals surface area contributed by atoms with Crippen LogP contribution in [-0.4, -0.2) is 24.7 Å². The highest BCUT2D eigenvalue weighted by atomic mass is 32.2. The SMILES string of the molecule is CC(C)S(=O)(=O)Nc1ccccc1-c1ccc(-c2ccc(C(=O)O)cc2)cc1. The quantitative estimate of drug-likeness (QED) is 0.624. The van der Waals surface area contributed by atoms with Crippen molar-refractivity contribution in [1.29, 1.82) is 0 Å². The molecular weight excluding hydrogens is 374 g/mol. The molecule has 28 heavy (non-hydrogen) atoms. The molecule has 0 atom stereocenters. The van der Waals surface area contributed by atoms with Crippen LogP contribution in [-0.2, 0) is 10.0 Å². The van der Waals surface area contributed by atoms with Gasteiger partial charge in [0.2, 0.25) is 10.0 Å². The van der Waals surface area contributed by atoms with Gasteiger partial charge in [0.05, 0.1) is 16.5 Å². The number of nitrogens with one attached hydrogen (secondary N) is 1. The molecule has 0 saturated carbocycles. The molecule has 5 nitrogen and oxygen atoms in total. The van der Waals surface area contributed by atoms with E-state index in [0.29, 0.717) is 5.69 Å². The highest BCUT2D eigenvalue weighted by molar-refractivity contribution is 7.93. The summed E-state index contributed by atoms with van der Waals surface area (Å²) in [4.78, 5) is 11.0. The summed E-state index contributed by atoms with van der Waals surface area (Å²) in [5, 5.41) is 8.47. The Morgan fingerprint density at radius 2 is 1.32 bits per heavy atom. The summed E-state index contributed by atoms with van der Waals surface area (Å²) in [7, 11) is -3.44. The zero-order valence-electron chi connectivity index (χ0n) is 15.6. The number of anilines is 1. The molecule has 3 aromatic rings. The van der Waals surface area contributed by atoms with Crippen LogP contribution in [0.2, 0.25) is 0 Å². The summed E-state index contributed by atoms with van der Waals surface area (Å²) >= 11 is 0. The Hall–Kier alpha value is -3.12. The molecular formula is C22H21NO4S. The molecule has 0 aliphatic rings. The monoisotopic (exact) mass is 395 g/mol. The molecule has 0 heterocycles. The predicted molar refractivity (Wildman–Crippen MR) is 112 cm³/mol. The van der Waals surface area contributed by atoms with Crippen molar-refractivity contribution in [1.82, 2.24) is 0 Å². The molecule has 0 unspecified atom stereocenters. The molecule has 3 aromatic carbocycles. The summed E-state index contributed by atoms with van der Waals surface area (Å²) in [6, 6.07) is 21.6. The fourth-order valence-electron chi connectivity index (χ4n) is 2.74. The molecule has 0 bridgehead atoms. The van der Waals surface area contributed by atoms with Crippen LogP contribution >= 0.6 is 0 Å². The Morgan fingerprint density at radius 1 is 0.821 bits per heavy atom. The maximum atomic E-state index is 12.2. The Kier molecular flexibility index (Phi) is 5.51. The van der Waals surface area contributed by atoms with Gasteiger partial charge in [-0.1, -0.05) is 54.6 Å². The summed E-state index contributed by atoms with van der Waals surface area (Å²) < 4.78 is 27.2. The van der Waals surface area contributed by atoms with Crippen LogP contribution in [0.1, 0.15) is 24.2 Å². The van der Waals surface area contributed by atoms with Crippen LogP contribution in [0.4, 0.5) is 5.69 Å². The van der Waals surface area contributed by atoms with E-state index in [1.54, 1.807) is 50.2 Å². The van der Waals surface area contributed by atoms with Crippen LogP contribution in [0.15, 0.2) is 72.8 Å². The Bertz CT molecular complexity index is 1090. The van der Waals surface area contributed by atoms with Gasteiger partial charge in [0.25, 0.3) is 0 Å². The van der Waals surface area contributed by atoms with Crippen molar-refractivity contribution in [3.05, 3.63) is 78.4 Å². The number of carboxylic acids is 1. The topological polar surface area (TPSA) is 83.5 Å². The number of rotatable bonds is 6. The largest absolute Gasteiger partial charge is 0.478 e. The average molecular weight is 395 g/mol. The van der Waals surface area contributed by atoms with Gasteiger partial charge in [0, 0.05) is 5.56 Å². The lowest BCUT2D eigenvalue weighted by Crippen LogP contribution is -2.22. The summed E-state index contributed by atoms with van der Waals surface area (Å²) in [6.07, 6.45) is 0. The zero-order chi connectivity index (χ0) is 20.3. The van der Waals surface area contributed by atoms with E-state index in [-0.39, 0.29) is 5.56 Å².